The molecule has 26 heavy (non-hydrogen) atoms. The van der Waals surface area contributed by atoms with Crippen LogP contribution in [0, 0.1) is 0 Å². The summed E-state index contributed by atoms with van der Waals surface area (Å²) in [5, 5.41) is 0. The molecule has 2 fully saturated rings. The van der Waals surface area contributed by atoms with Gasteiger partial charge in [-0.15, -0.1) is 0 Å². The van der Waals surface area contributed by atoms with Gasteiger partial charge in [0.1, 0.15) is 0 Å². The molecule has 0 unspecified atom stereocenters. The lowest BCUT2D eigenvalue weighted by atomic mass is 9.97. The molecule has 1 aromatic carbocycles. The minimum absolute atomic E-state index is 0.136. The number of carbonyl (C=O) groups is 1. The standard InChI is InChI=1S/C20H26N4O2/c21-20(8-4-5-9-20)19(25)24-12-10-23(11-13-24)15-18-22-14-17(26-18)16-6-2-1-3-7-16/h1-3,6-7,14H,4-5,8-13,15,21H2. The molecule has 0 radical (unpaired) electrons. The maximum atomic E-state index is 12.7. The Labute approximate surface area is 154 Å². The Hall–Kier alpha value is -2.18. The molecule has 2 aromatic rings. The predicted octanol–water partition coefficient (Wildman–Crippen LogP) is 2.26. The van der Waals surface area contributed by atoms with Crippen LogP contribution in [0.5, 0.6) is 0 Å². The fraction of sp³-hybridized carbons (Fsp3) is 0.500. The lowest BCUT2D eigenvalue weighted by molar-refractivity contribution is -0.138. The van der Waals surface area contributed by atoms with Crippen molar-refractivity contribution >= 4 is 5.91 Å². The van der Waals surface area contributed by atoms with E-state index >= 15 is 0 Å². The van der Waals surface area contributed by atoms with E-state index in [1.165, 1.54) is 0 Å². The Bertz CT molecular complexity index is 744. The van der Waals surface area contributed by atoms with Crippen molar-refractivity contribution in [3.63, 3.8) is 0 Å². The molecule has 1 aliphatic carbocycles. The van der Waals surface area contributed by atoms with Gasteiger partial charge in [-0.1, -0.05) is 43.2 Å². The van der Waals surface area contributed by atoms with Crippen molar-refractivity contribution in [3.8, 4) is 11.3 Å². The average Bonchev–Trinajstić information content (AvgIpc) is 3.33. The van der Waals surface area contributed by atoms with Crippen LogP contribution in [0.3, 0.4) is 0 Å². The smallest absolute Gasteiger partial charge is 0.242 e. The number of piperazine rings is 1. The molecule has 0 atom stereocenters. The molecule has 2 aliphatic rings. The van der Waals surface area contributed by atoms with Gasteiger partial charge in [0, 0.05) is 31.7 Å². The number of amides is 1. The molecule has 2 heterocycles. The summed E-state index contributed by atoms with van der Waals surface area (Å²) in [4.78, 5) is 21.3. The zero-order valence-electron chi connectivity index (χ0n) is 15.1. The molecule has 6 nitrogen and oxygen atoms in total. The second-order valence-electron chi connectivity index (χ2n) is 7.42. The van der Waals surface area contributed by atoms with Crippen LogP contribution in [0.1, 0.15) is 31.6 Å². The Kier molecular flexibility index (Phi) is 4.78. The van der Waals surface area contributed by atoms with Crippen molar-refractivity contribution in [1.29, 1.82) is 0 Å². The summed E-state index contributed by atoms with van der Waals surface area (Å²) in [6, 6.07) is 9.99. The van der Waals surface area contributed by atoms with Gasteiger partial charge in [-0.3, -0.25) is 9.69 Å². The molecule has 4 rings (SSSR count). The molecule has 6 heteroatoms. The van der Waals surface area contributed by atoms with Crippen molar-refractivity contribution in [1.82, 2.24) is 14.8 Å². The molecule has 1 saturated heterocycles. The summed E-state index contributed by atoms with van der Waals surface area (Å²) in [5.74, 6) is 1.65. The van der Waals surface area contributed by atoms with Crippen LogP contribution in [0.15, 0.2) is 40.9 Å². The van der Waals surface area contributed by atoms with E-state index in [9.17, 15) is 4.79 Å². The van der Waals surface area contributed by atoms with Gasteiger partial charge < -0.3 is 15.1 Å². The van der Waals surface area contributed by atoms with Crippen LogP contribution < -0.4 is 5.73 Å². The van der Waals surface area contributed by atoms with Crippen LogP contribution in [-0.2, 0) is 11.3 Å². The van der Waals surface area contributed by atoms with Crippen LogP contribution in [0.4, 0.5) is 0 Å². The minimum Gasteiger partial charge on any atom is -0.439 e. The summed E-state index contributed by atoms with van der Waals surface area (Å²) in [7, 11) is 0. The zero-order valence-corrected chi connectivity index (χ0v) is 15.1. The number of aromatic nitrogens is 1. The molecular formula is C20H26N4O2. The summed E-state index contributed by atoms with van der Waals surface area (Å²) in [5.41, 5.74) is 6.74. The molecule has 2 N–H and O–H groups in total. The second kappa shape index (κ2) is 7.21. The van der Waals surface area contributed by atoms with Gasteiger partial charge in [0.2, 0.25) is 11.8 Å². The van der Waals surface area contributed by atoms with Gasteiger partial charge in [-0.05, 0) is 12.8 Å². The third-order valence-corrected chi connectivity index (χ3v) is 5.55. The van der Waals surface area contributed by atoms with Gasteiger partial charge in [-0.25, -0.2) is 4.98 Å². The Balaban J connectivity index is 1.32. The summed E-state index contributed by atoms with van der Waals surface area (Å²) >= 11 is 0. The van der Waals surface area contributed by atoms with E-state index in [4.69, 9.17) is 10.2 Å². The number of benzene rings is 1. The van der Waals surface area contributed by atoms with Crippen molar-refractivity contribution in [2.45, 2.75) is 37.8 Å². The van der Waals surface area contributed by atoms with Gasteiger partial charge in [0.05, 0.1) is 18.3 Å². The highest BCUT2D eigenvalue weighted by atomic mass is 16.4. The largest absolute Gasteiger partial charge is 0.439 e. The quantitative estimate of drug-likeness (QED) is 0.911. The van der Waals surface area contributed by atoms with Crippen molar-refractivity contribution in [2.75, 3.05) is 26.2 Å². The van der Waals surface area contributed by atoms with Crippen LogP contribution in [0.25, 0.3) is 11.3 Å². The van der Waals surface area contributed by atoms with E-state index in [1.54, 1.807) is 6.20 Å². The van der Waals surface area contributed by atoms with Crippen molar-refractivity contribution in [2.24, 2.45) is 5.73 Å². The topological polar surface area (TPSA) is 75.6 Å². The highest BCUT2D eigenvalue weighted by Crippen LogP contribution is 2.29. The van der Waals surface area contributed by atoms with Crippen molar-refractivity contribution < 1.29 is 9.21 Å². The van der Waals surface area contributed by atoms with Crippen molar-refractivity contribution in [3.05, 3.63) is 42.4 Å². The van der Waals surface area contributed by atoms with E-state index in [0.717, 1.165) is 69.1 Å². The van der Waals surface area contributed by atoms with Crippen LogP contribution >= 0.6 is 0 Å². The summed E-state index contributed by atoms with van der Waals surface area (Å²) in [6.07, 6.45) is 5.56. The van der Waals surface area contributed by atoms with E-state index < -0.39 is 5.54 Å². The predicted molar refractivity (Wildman–Crippen MR) is 99.2 cm³/mol. The fourth-order valence-corrected chi connectivity index (χ4v) is 3.95. The number of nitrogens with zero attached hydrogens (tertiary/aromatic N) is 3. The monoisotopic (exact) mass is 354 g/mol. The lowest BCUT2D eigenvalue weighted by Crippen LogP contribution is -2.58. The average molecular weight is 354 g/mol. The number of hydrogen-bond acceptors (Lipinski definition) is 5. The first-order valence-electron chi connectivity index (χ1n) is 9.45. The number of nitrogens with two attached hydrogens (primary N) is 1. The molecule has 1 aliphatic heterocycles. The van der Waals surface area contributed by atoms with Crippen LogP contribution in [0.2, 0.25) is 0 Å². The third kappa shape index (κ3) is 3.52. The zero-order chi connectivity index (χ0) is 18.0. The van der Waals surface area contributed by atoms with E-state index in [1.807, 2.05) is 35.2 Å². The first-order valence-corrected chi connectivity index (χ1v) is 9.45. The Morgan fingerprint density at radius 1 is 1.12 bits per heavy atom. The summed E-state index contributed by atoms with van der Waals surface area (Å²) in [6.45, 7) is 3.77. The second-order valence-corrected chi connectivity index (χ2v) is 7.42. The normalized spacial score (nSPS) is 20.4. The van der Waals surface area contributed by atoms with Gasteiger partial charge in [0.15, 0.2) is 5.76 Å². The fourth-order valence-electron chi connectivity index (χ4n) is 3.95. The summed E-state index contributed by atoms with van der Waals surface area (Å²) < 4.78 is 5.89. The number of rotatable bonds is 4. The maximum absolute atomic E-state index is 12.7. The lowest BCUT2D eigenvalue weighted by Gasteiger charge is -2.38. The van der Waals surface area contributed by atoms with Crippen LogP contribution in [-0.4, -0.2) is 52.4 Å². The molecule has 1 aromatic heterocycles. The first kappa shape index (κ1) is 17.2. The third-order valence-electron chi connectivity index (χ3n) is 5.55. The molecular weight excluding hydrogens is 328 g/mol. The number of oxazole rings is 1. The van der Waals surface area contributed by atoms with E-state index in [-0.39, 0.29) is 5.91 Å². The molecule has 0 bridgehead atoms. The first-order chi connectivity index (χ1) is 12.6. The SMILES string of the molecule is NC1(C(=O)N2CCN(Cc3ncc(-c4ccccc4)o3)CC2)CCCC1. The van der Waals surface area contributed by atoms with Gasteiger partial charge in [0.25, 0.3) is 0 Å². The Morgan fingerprint density at radius 3 is 2.50 bits per heavy atom. The molecule has 138 valence electrons. The highest BCUT2D eigenvalue weighted by molar-refractivity contribution is 5.86. The highest BCUT2D eigenvalue weighted by Gasteiger charge is 2.40. The van der Waals surface area contributed by atoms with Gasteiger partial charge in [-0.2, -0.15) is 0 Å². The number of hydrogen-bond donors (Lipinski definition) is 1. The minimum atomic E-state index is -0.616. The maximum Gasteiger partial charge on any atom is 0.242 e. The number of carbonyl (C=O) groups excluding carboxylic acids is 1. The van der Waals surface area contributed by atoms with Gasteiger partial charge >= 0.3 is 0 Å². The molecule has 1 amide bonds. The Morgan fingerprint density at radius 2 is 1.81 bits per heavy atom. The van der Waals surface area contributed by atoms with E-state index in [2.05, 4.69) is 9.88 Å². The molecule has 1 saturated carbocycles. The van der Waals surface area contributed by atoms with E-state index in [0.29, 0.717) is 6.54 Å². The molecule has 0 spiro atoms.